The van der Waals surface area contributed by atoms with Crippen LogP contribution in [0.25, 0.3) is 0 Å². The van der Waals surface area contributed by atoms with Crippen molar-refractivity contribution in [3.63, 3.8) is 0 Å². The number of rotatable bonds is 3. The Labute approximate surface area is 140 Å². The summed E-state index contributed by atoms with van der Waals surface area (Å²) in [6.45, 7) is 7.48. The van der Waals surface area contributed by atoms with Crippen LogP contribution in [0, 0.1) is 27.3 Å². The smallest absolute Gasteiger partial charge is 0.250 e. The second-order valence-corrected chi connectivity index (χ2v) is 5.66. The molecule has 0 aromatic carbocycles. The van der Waals surface area contributed by atoms with Gasteiger partial charge in [-0.2, -0.15) is 4.98 Å². The fourth-order valence-corrected chi connectivity index (χ4v) is 2.80. The van der Waals surface area contributed by atoms with Gasteiger partial charge in [0.15, 0.2) is 5.82 Å². The molecule has 0 bridgehead atoms. The molecule has 0 saturated carbocycles. The molecule has 3 heterocycles. The highest BCUT2D eigenvalue weighted by molar-refractivity contribution is 6.05. The molecule has 24 heavy (non-hydrogen) atoms. The van der Waals surface area contributed by atoms with Crippen molar-refractivity contribution >= 4 is 23.4 Å². The van der Waals surface area contributed by atoms with Crippen LogP contribution in [-0.2, 0) is 11.3 Å². The van der Waals surface area contributed by atoms with Gasteiger partial charge in [-0.3, -0.25) is 9.78 Å². The van der Waals surface area contributed by atoms with Crippen molar-refractivity contribution in [2.24, 2.45) is 0 Å². The van der Waals surface area contributed by atoms with Gasteiger partial charge < -0.3 is 20.7 Å². The second kappa shape index (κ2) is 5.95. The van der Waals surface area contributed by atoms with E-state index in [9.17, 15) is 4.79 Å². The molecule has 1 radical (unpaired) electrons. The fraction of sp³-hybridized carbons (Fsp3) is 0.312. The van der Waals surface area contributed by atoms with Crippen molar-refractivity contribution in [2.45, 2.75) is 27.3 Å². The van der Waals surface area contributed by atoms with Gasteiger partial charge in [0.2, 0.25) is 11.9 Å². The number of hydrogen-bond donors (Lipinski definition) is 2. The third-order valence-corrected chi connectivity index (χ3v) is 3.95. The average molecular weight is 327 g/mol. The monoisotopic (exact) mass is 327 g/mol. The van der Waals surface area contributed by atoms with Gasteiger partial charge in [0.1, 0.15) is 18.0 Å². The van der Waals surface area contributed by atoms with Gasteiger partial charge in [0.25, 0.3) is 0 Å². The van der Waals surface area contributed by atoms with Gasteiger partial charge in [0, 0.05) is 17.3 Å². The van der Waals surface area contributed by atoms with E-state index in [2.05, 4.69) is 20.3 Å². The number of aromatic nitrogens is 3. The van der Waals surface area contributed by atoms with E-state index < -0.39 is 0 Å². The van der Waals surface area contributed by atoms with Crippen molar-refractivity contribution in [1.82, 2.24) is 15.0 Å². The van der Waals surface area contributed by atoms with Gasteiger partial charge in [-0.15, -0.1) is 0 Å². The first-order valence-electron chi connectivity index (χ1n) is 7.46. The van der Waals surface area contributed by atoms with Gasteiger partial charge in [-0.1, -0.05) is 0 Å². The van der Waals surface area contributed by atoms with E-state index in [0.717, 1.165) is 22.6 Å². The number of carbonyl (C=O) groups is 1. The Morgan fingerprint density at radius 1 is 1.29 bits per heavy atom. The normalized spacial score (nSPS) is 13.5. The van der Waals surface area contributed by atoms with Crippen molar-refractivity contribution in [1.29, 1.82) is 0 Å². The number of fused-ring (bicyclic) bond motifs is 1. The molecular weight excluding hydrogens is 308 g/mol. The summed E-state index contributed by atoms with van der Waals surface area (Å²) in [5, 5.41) is 2.76. The third kappa shape index (κ3) is 2.70. The minimum Gasteiger partial charge on any atom is -0.496 e. The molecule has 0 spiro atoms. The molecule has 0 fully saturated rings. The number of amides is 1. The fourth-order valence-electron chi connectivity index (χ4n) is 2.80. The summed E-state index contributed by atoms with van der Waals surface area (Å²) in [5.41, 5.74) is 9.62. The summed E-state index contributed by atoms with van der Waals surface area (Å²) in [7, 11) is 1.63. The van der Waals surface area contributed by atoms with Crippen LogP contribution in [0.3, 0.4) is 0 Å². The van der Waals surface area contributed by atoms with Crippen LogP contribution in [0.15, 0.2) is 6.20 Å². The number of methoxy groups -OCH3 is 1. The molecule has 0 aliphatic carbocycles. The van der Waals surface area contributed by atoms with E-state index in [4.69, 9.17) is 10.5 Å². The molecule has 3 rings (SSSR count). The number of nitrogens with two attached hydrogens (primary N) is 1. The molecule has 125 valence electrons. The average Bonchev–Trinajstić information content (AvgIpc) is 2.52. The molecule has 3 N–H and O–H groups in total. The van der Waals surface area contributed by atoms with Gasteiger partial charge in [0.05, 0.1) is 25.0 Å². The zero-order valence-electron chi connectivity index (χ0n) is 14.0. The molecule has 0 unspecified atom stereocenters. The minimum absolute atomic E-state index is 0.159. The van der Waals surface area contributed by atoms with Crippen LogP contribution in [0.2, 0.25) is 0 Å². The van der Waals surface area contributed by atoms with Crippen molar-refractivity contribution in [3.05, 3.63) is 35.3 Å². The molecule has 0 atom stereocenters. The lowest BCUT2D eigenvalue weighted by Crippen LogP contribution is -2.35. The maximum atomic E-state index is 12.0. The predicted molar refractivity (Wildman–Crippen MR) is 90.6 cm³/mol. The van der Waals surface area contributed by atoms with Crippen LogP contribution in [-0.4, -0.2) is 28.0 Å². The lowest BCUT2D eigenvalue weighted by atomic mass is 10.1. The molecule has 8 heteroatoms. The van der Waals surface area contributed by atoms with E-state index in [-0.39, 0.29) is 11.9 Å². The van der Waals surface area contributed by atoms with Crippen molar-refractivity contribution in [3.8, 4) is 5.75 Å². The first-order chi connectivity index (χ1) is 11.4. The largest absolute Gasteiger partial charge is 0.496 e. The maximum absolute atomic E-state index is 12.0. The lowest BCUT2D eigenvalue weighted by Gasteiger charge is -2.30. The Balaban J connectivity index is 2.02. The first-order valence-corrected chi connectivity index (χ1v) is 7.46. The summed E-state index contributed by atoms with van der Waals surface area (Å²) < 4.78 is 5.44. The highest BCUT2D eigenvalue weighted by Gasteiger charge is 2.27. The van der Waals surface area contributed by atoms with Crippen LogP contribution < -0.4 is 20.7 Å². The first kappa shape index (κ1) is 16.0. The number of pyridine rings is 1. The molecule has 8 nitrogen and oxygen atoms in total. The van der Waals surface area contributed by atoms with Crippen molar-refractivity contribution in [2.75, 3.05) is 23.1 Å². The highest BCUT2D eigenvalue weighted by atomic mass is 16.5. The third-order valence-electron chi connectivity index (χ3n) is 3.95. The molecule has 2 aromatic heterocycles. The van der Waals surface area contributed by atoms with Crippen LogP contribution in [0.4, 0.5) is 17.5 Å². The Hall–Kier alpha value is -2.90. The SMILES string of the molecule is COc1c(C)cnc(CN2[CH]C(=O)Nc3c(C)nc(N)nc32)c1C. The Bertz CT molecular complexity index is 821. The topological polar surface area (TPSA) is 106 Å². The molecule has 2 aromatic rings. The predicted octanol–water partition coefficient (Wildman–Crippen LogP) is 1.51. The number of aryl methyl sites for hydroxylation is 2. The van der Waals surface area contributed by atoms with Crippen LogP contribution >= 0.6 is 0 Å². The maximum Gasteiger partial charge on any atom is 0.250 e. The molecule has 1 aliphatic rings. The Kier molecular flexibility index (Phi) is 3.96. The van der Waals surface area contributed by atoms with E-state index in [1.165, 1.54) is 6.54 Å². The quantitative estimate of drug-likeness (QED) is 0.880. The number of nitrogens with zero attached hydrogens (tertiary/aromatic N) is 4. The molecule has 0 saturated heterocycles. The molecule has 1 amide bonds. The Morgan fingerprint density at radius 3 is 2.75 bits per heavy atom. The van der Waals surface area contributed by atoms with Crippen LogP contribution in [0.1, 0.15) is 22.5 Å². The van der Waals surface area contributed by atoms with Gasteiger partial charge >= 0.3 is 0 Å². The number of ether oxygens (including phenoxy) is 1. The summed E-state index contributed by atoms with van der Waals surface area (Å²) in [4.78, 5) is 26.5. The summed E-state index contributed by atoms with van der Waals surface area (Å²) in [6.07, 6.45) is 1.76. The number of anilines is 3. The number of nitrogens with one attached hydrogen (secondary N) is 1. The second-order valence-electron chi connectivity index (χ2n) is 5.66. The molecular formula is C16H19N6O2. The standard InChI is InChI=1S/C16H19N6O2/c1-8-5-18-11(9(2)14(8)24-4)6-22-7-12(23)20-13-10(3)19-16(17)21-15(13)22/h5,7H,6H2,1-4H3,(H,20,23)(H2,17,19,21). The van der Waals surface area contributed by atoms with Crippen LogP contribution in [0.5, 0.6) is 5.75 Å². The lowest BCUT2D eigenvalue weighted by molar-refractivity contribution is -0.113. The van der Waals surface area contributed by atoms with E-state index in [1.54, 1.807) is 25.1 Å². The summed E-state index contributed by atoms with van der Waals surface area (Å²) >= 11 is 0. The van der Waals surface area contributed by atoms with Gasteiger partial charge in [-0.25, -0.2) is 4.98 Å². The van der Waals surface area contributed by atoms with E-state index in [1.807, 2.05) is 13.8 Å². The Morgan fingerprint density at radius 2 is 2.04 bits per heavy atom. The van der Waals surface area contributed by atoms with E-state index in [0.29, 0.717) is 23.7 Å². The summed E-state index contributed by atoms with van der Waals surface area (Å²) in [6, 6.07) is 0. The number of carbonyl (C=O) groups excluding carboxylic acids is 1. The zero-order chi connectivity index (χ0) is 17.4. The molecule has 1 aliphatic heterocycles. The minimum atomic E-state index is -0.240. The number of hydrogen-bond acceptors (Lipinski definition) is 7. The summed E-state index contributed by atoms with van der Waals surface area (Å²) in [5.74, 6) is 1.27. The highest BCUT2D eigenvalue weighted by Crippen LogP contribution is 2.33. The zero-order valence-corrected chi connectivity index (χ0v) is 14.0. The van der Waals surface area contributed by atoms with Crippen molar-refractivity contribution < 1.29 is 9.53 Å². The number of nitrogen functional groups attached to an aromatic ring is 1. The van der Waals surface area contributed by atoms with Gasteiger partial charge in [-0.05, 0) is 20.8 Å². The van der Waals surface area contributed by atoms with E-state index >= 15 is 0 Å².